The minimum Gasteiger partial charge on any atom is -0.494 e. The molecule has 0 bridgehead atoms. The molecule has 0 unspecified atom stereocenters. The zero-order valence-electron chi connectivity index (χ0n) is 19.8. The lowest BCUT2D eigenvalue weighted by molar-refractivity contribution is 0.0331. The van der Waals surface area contributed by atoms with Crippen molar-refractivity contribution in [1.82, 2.24) is 14.9 Å². The molecule has 8 nitrogen and oxygen atoms in total. The van der Waals surface area contributed by atoms with E-state index in [1.54, 1.807) is 0 Å². The van der Waals surface area contributed by atoms with E-state index >= 15 is 0 Å². The van der Waals surface area contributed by atoms with Gasteiger partial charge in [0.25, 0.3) is 0 Å². The molecular formula is C25H32N4O4S. The Kier molecular flexibility index (Phi) is 8.67. The molecule has 1 aliphatic rings. The van der Waals surface area contributed by atoms with Gasteiger partial charge in [-0.05, 0) is 44.4 Å². The summed E-state index contributed by atoms with van der Waals surface area (Å²) in [5.41, 5.74) is 0.867. The molecule has 0 aliphatic carbocycles. The third kappa shape index (κ3) is 6.22. The Hall–Kier alpha value is -2.75. The minimum absolute atomic E-state index is 0.304. The van der Waals surface area contributed by atoms with Crippen LogP contribution in [0, 0.1) is 6.92 Å². The van der Waals surface area contributed by atoms with E-state index in [2.05, 4.69) is 10.2 Å². The summed E-state index contributed by atoms with van der Waals surface area (Å²) in [7, 11) is 0. The number of hydrogen-bond donors (Lipinski definition) is 1. The van der Waals surface area contributed by atoms with Gasteiger partial charge in [-0.3, -0.25) is 4.90 Å². The van der Waals surface area contributed by atoms with E-state index in [1.165, 1.54) is 11.3 Å². The number of hydrogen-bond acceptors (Lipinski definition) is 9. The Morgan fingerprint density at radius 3 is 2.74 bits per heavy atom. The number of carbonyl (C=O) groups excluding carboxylic acids is 1. The van der Waals surface area contributed by atoms with E-state index in [0.29, 0.717) is 24.6 Å². The summed E-state index contributed by atoms with van der Waals surface area (Å²) in [4.78, 5) is 25.8. The van der Waals surface area contributed by atoms with Crippen molar-refractivity contribution in [2.45, 2.75) is 33.2 Å². The normalized spacial score (nSPS) is 14.3. The molecule has 2 aromatic heterocycles. The number of benzene rings is 1. The third-order valence-electron chi connectivity index (χ3n) is 5.64. The van der Waals surface area contributed by atoms with Crippen molar-refractivity contribution in [2.75, 3.05) is 51.4 Å². The van der Waals surface area contributed by atoms with Gasteiger partial charge >= 0.3 is 5.97 Å². The third-order valence-corrected chi connectivity index (χ3v) is 6.81. The van der Waals surface area contributed by atoms with Crippen molar-refractivity contribution in [1.29, 1.82) is 0 Å². The highest BCUT2D eigenvalue weighted by atomic mass is 32.1. The van der Waals surface area contributed by atoms with E-state index in [-0.39, 0.29) is 5.97 Å². The zero-order chi connectivity index (χ0) is 23.8. The second-order valence-electron chi connectivity index (χ2n) is 8.13. The SMILES string of the molecule is CCOC(=O)c1sc2nc(CN3CCOCC3)nc(NCCCCOc3ccccc3)c2c1C. The number of para-hydroxylation sites is 1. The number of unbranched alkanes of at least 4 members (excludes halogenated alkanes) is 1. The first-order valence-corrected chi connectivity index (χ1v) is 12.7. The largest absolute Gasteiger partial charge is 0.494 e. The van der Waals surface area contributed by atoms with E-state index in [9.17, 15) is 4.79 Å². The van der Waals surface area contributed by atoms with Crippen LogP contribution in [0.5, 0.6) is 5.75 Å². The second kappa shape index (κ2) is 12.1. The molecule has 3 aromatic rings. The number of aromatic nitrogens is 2. The lowest BCUT2D eigenvalue weighted by Crippen LogP contribution is -2.36. The van der Waals surface area contributed by atoms with Gasteiger partial charge in [0.05, 0.1) is 38.4 Å². The van der Waals surface area contributed by atoms with Gasteiger partial charge in [0, 0.05) is 19.6 Å². The van der Waals surface area contributed by atoms with E-state index in [1.807, 2.05) is 44.2 Å². The van der Waals surface area contributed by atoms with E-state index < -0.39 is 0 Å². The van der Waals surface area contributed by atoms with Crippen molar-refractivity contribution in [3.05, 3.63) is 46.6 Å². The van der Waals surface area contributed by atoms with Gasteiger partial charge in [-0.1, -0.05) is 18.2 Å². The fraction of sp³-hybridized carbons (Fsp3) is 0.480. The molecule has 1 aromatic carbocycles. The van der Waals surface area contributed by atoms with Crippen molar-refractivity contribution in [3.63, 3.8) is 0 Å². The fourth-order valence-electron chi connectivity index (χ4n) is 3.87. The molecule has 0 amide bonds. The molecule has 34 heavy (non-hydrogen) atoms. The Morgan fingerprint density at radius 2 is 1.97 bits per heavy atom. The van der Waals surface area contributed by atoms with Crippen LogP contribution in [0.1, 0.15) is 40.8 Å². The van der Waals surface area contributed by atoms with Crippen molar-refractivity contribution in [2.24, 2.45) is 0 Å². The number of carbonyl (C=O) groups is 1. The first kappa shape index (κ1) is 24.4. The van der Waals surface area contributed by atoms with Gasteiger partial charge < -0.3 is 19.5 Å². The number of esters is 1. The summed E-state index contributed by atoms with van der Waals surface area (Å²) in [6, 6.07) is 9.85. The smallest absolute Gasteiger partial charge is 0.348 e. The summed E-state index contributed by atoms with van der Waals surface area (Å²) in [5, 5.41) is 4.40. The average molecular weight is 485 g/mol. The monoisotopic (exact) mass is 484 g/mol. The molecule has 4 rings (SSSR count). The Balaban J connectivity index is 1.46. The molecule has 0 radical (unpaired) electrons. The molecule has 3 heterocycles. The van der Waals surface area contributed by atoms with Crippen LogP contribution in [0.25, 0.3) is 10.2 Å². The average Bonchev–Trinajstić information content (AvgIpc) is 3.19. The molecule has 0 saturated carbocycles. The molecule has 1 N–H and O–H groups in total. The Morgan fingerprint density at radius 1 is 1.18 bits per heavy atom. The topological polar surface area (TPSA) is 85.8 Å². The Labute approximate surface area is 204 Å². The number of fused-ring (bicyclic) bond motifs is 1. The molecule has 1 fully saturated rings. The maximum absolute atomic E-state index is 12.5. The lowest BCUT2D eigenvalue weighted by Gasteiger charge is -2.25. The molecule has 182 valence electrons. The van der Waals surface area contributed by atoms with Crippen LogP contribution in [0.2, 0.25) is 0 Å². The molecule has 9 heteroatoms. The number of anilines is 1. The maximum atomic E-state index is 12.5. The number of ether oxygens (including phenoxy) is 3. The zero-order valence-corrected chi connectivity index (χ0v) is 20.7. The fourth-order valence-corrected chi connectivity index (χ4v) is 4.97. The maximum Gasteiger partial charge on any atom is 0.348 e. The van der Waals surface area contributed by atoms with Gasteiger partial charge in [0.2, 0.25) is 0 Å². The lowest BCUT2D eigenvalue weighted by atomic mass is 10.2. The highest BCUT2D eigenvalue weighted by molar-refractivity contribution is 7.20. The van der Waals surface area contributed by atoms with Crippen LogP contribution in [0.15, 0.2) is 30.3 Å². The number of morpholine rings is 1. The summed E-state index contributed by atoms with van der Waals surface area (Å²) in [6.07, 6.45) is 1.86. The number of nitrogens with one attached hydrogen (secondary N) is 1. The van der Waals surface area contributed by atoms with E-state index in [0.717, 1.165) is 78.9 Å². The van der Waals surface area contributed by atoms with Crippen molar-refractivity contribution >= 4 is 33.3 Å². The standard InChI is InChI=1S/C25H32N4O4S/c1-3-32-25(30)22-18(2)21-23(26-11-7-8-14-33-19-9-5-4-6-10-19)27-20(28-24(21)34-22)17-29-12-15-31-16-13-29/h4-6,9-10H,3,7-8,11-17H2,1-2H3,(H,26,27,28). The van der Waals surface area contributed by atoms with Crippen LogP contribution < -0.4 is 10.1 Å². The van der Waals surface area contributed by atoms with Crippen LogP contribution in [0.4, 0.5) is 5.82 Å². The summed E-state index contributed by atoms with van der Waals surface area (Å²) >= 11 is 1.38. The molecule has 1 saturated heterocycles. The number of rotatable bonds is 11. The molecule has 0 atom stereocenters. The van der Waals surface area contributed by atoms with Crippen LogP contribution in [-0.2, 0) is 16.0 Å². The first-order valence-electron chi connectivity index (χ1n) is 11.8. The minimum atomic E-state index is -0.304. The summed E-state index contributed by atoms with van der Waals surface area (Å²) in [5.74, 6) is 2.12. The van der Waals surface area contributed by atoms with Crippen molar-refractivity contribution in [3.8, 4) is 5.75 Å². The quantitative estimate of drug-likeness (QED) is 0.319. The highest BCUT2D eigenvalue weighted by Gasteiger charge is 2.22. The predicted molar refractivity (Wildman–Crippen MR) is 134 cm³/mol. The van der Waals surface area contributed by atoms with Crippen LogP contribution in [-0.4, -0.2) is 66.9 Å². The predicted octanol–water partition coefficient (Wildman–Crippen LogP) is 4.28. The highest BCUT2D eigenvalue weighted by Crippen LogP contribution is 2.34. The van der Waals surface area contributed by atoms with Gasteiger partial charge in [0.1, 0.15) is 27.1 Å². The van der Waals surface area contributed by atoms with Gasteiger partial charge in [-0.2, -0.15) is 0 Å². The Bertz CT molecular complexity index is 1080. The number of nitrogens with zero attached hydrogens (tertiary/aromatic N) is 3. The van der Waals surface area contributed by atoms with Gasteiger partial charge in [-0.15, -0.1) is 11.3 Å². The molecule has 1 aliphatic heterocycles. The summed E-state index contributed by atoms with van der Waals surface area (Å²) < 4.78 is 16.5. The second-order valence-corrected chi connectivity index (χ2v) is 9.13. The number of thiophene rings is 1. The molecule has 0 spiro atoms. The van der Waals surface area contributed by atoms with Gasteiger partial charge in [-0.25, -0.2) is 14.8 Å². The van der Waals surface area contributed by atoms with E-state index in [4.69, 9.17) is 24.2 Å². The number of aryl methyl sites for hydroxylation is 1. The van der Waals surface area contributed by atoms with Crippen LogP contribution >= 0.6 is 11.3 Å². The molecular weight excluding hydrogens is 452 g/mol. The first-order chi connectivity index (χ1) is 16.7. The summed E-state index contributed by atoms with van der Waals surface area (Å²) in [6.45, 7) is 9.35. The van der Waals surface area contributed by atoms with Crippen molar-refractivity contribution < 1.29 is 19.0 Å². The van der Waals surface area contributed by atoms with Crippen LogP contribution in [0.3, 0.4) is 0 Å². The van der Waals surface area contributed by atoms with Gasteiger partial charge in [0.15, 0.2) is 0 Å².